The lowest BCUT2D eigenvalue weighted by Crippen LogP contribution is -2.11. The van der Waals surface area contributed by atoms with Crippen LogP contribution in [-0.2, 0) is 13.1 Å². The molecule has 0 saturated carbocycles. The van der Waals surface area contributed by atoms with Gasteiger partial charge in [-0.25, -0.2) is 0 Å². The molecule has 0 amide bonds. The van der Waals surface area contributed by atoms with Crippen LogP contribution in [0.5, 0.6) is 0 Å². The summed E-state index contributed by atoms with van der Waals surface area (Å²) in [5.41, 5.74) is 2.21. The van der Waals surface area contributed by atoms with Crippen molar-refractivity contribution in [2.45, 2.75) is 13.1 Å². The van der Waals surface area contributed by atoms with Gasteiger partial charge in [-0.15, -0.1) is 12.4 Å². The summed E-state index contributed by atoms with van der Waals surface area (Å²) < 4.78 is 5.84. The summed E-state index contributed by atoms with van der Waals surface area (Å²) in [6, 6.07) is 19.4. The van der Waals surface area contributed by atoms with Crippen LogP contribution >= 0.6 is 35.6 Å². The lowest BCUT2D eigenvalue weighted by molar-refractivity contribution is 0.493. The van der Waals surface area contributed by atoms with Crippen molar-refractivity contribution in [3.63, 3.8) is 0 Å². The number of furan rings is 1. The maximum atomic E-state index is 5.89. The minimum atomic E-state index is 0. The highest BCUT2D eigenvalue weighted by Crippen LogP contribution is 2.23. The highest BCUT2D eigenvalue weighted by molar-refractivity contribution is 6.30. The summed E-state index contributed by atoms with van der Waals surface area (Å²) in [4.78, 5) is 0. The van der Waals surface area contributed by atoms with Crippen LogP contribution in [0, 0.1) is 0 Å². The third kappa shape index (κ3) is 5.02. The molecule has 0 saturated heterocycles. The second-order valence-corrected chi connectivity index (χ2v) is 5.88. The fraction of sp³-hybridized carbons (Fsp3) is 0.111. The number of hydrogen-bond donors (Lipinski definition) is 1. The SMILES string of the molecule is Cl.Clc1ccc(CNCc2ccc(-c3ccc(Cl)cc3)o2)cc1. The molecule has 120 valence electrons. The van der Waals surface area contributed by atoms with Crippen LogP contribution in [-0.4, -0.2) is 0 Å². The largest absolute Gasteiger partial charge is 0.460 e. The third-order valence-electron chi connectivity index (χ3n) is 3.33. The fourth-order valence-corrected chi connectivity index (χ4v) is 2.43. The molecule has 3 rings (SSSR count). The van der Waals surface area contributed by atoms with Gasteiger partial charge in [-0.1, -0.05) is 35.3 Å². The summed E-state index contributed by atoms with van der Waals surface area (Å²) in [6.45, 7) is 1.45. The number of nitrogens with one attached hydrogen (secondary N) is 1. The van der Waals surface area contributed by atoms with Gasteiger partial charge in [0.1, 0.15) is 11.5 Å². The minimum Gasteiger partial charge on any atom is -0.460 e. The van der Waals surface area contributed by atoms with Gasteiger partial charge in [0.2, 0.25) is 0 Å². The minimum absolute atomic E-state index is 0. The van der Waals surface area contributed by atoms with Crippen molar-refractivity contribution in [1.29, 1.82) is 0 Å². The summed E-state index contributed by atoms with van der Waals surface area (Å²) in [5, 5.41) is 4.83. The van der Waals surface area contributed by atoms with Crippen molar-refractivity contribution in [1.82, 2.24) is 5.32 Å². The molecule has 0 unspecified atom stereocenters. The van der Waals surface area contributed by atoms with E-state index in [0.29, 0.717) is 6.54 Å². The maximum absolute atomic E-state index is 5.89. The fourth-order valence-electron chi connectivity index (χ4n) is 2.17. The van der Waals surface area contributed by atoms with E-state index in [1.807, 2.05) is 60.7 Å². The van der Waals surface area contributed by atoms with E-state index < -0.39 is 0 Å². The Kier molecular flexibility index (Phi) is 6.55. The van der Waals surface area contributed by atoms with Gasteiger partial charge >= 0.3 is 0 Å². The van der Waals surface area contributed by atoms with E-state index >= 15 is 0 Å². The normalized spacial score (nSPS) is 10.3. The quantitative estimate of drug-likeness (QED) is 0.600. The van der Waals surface area contributed by atoms with E-state index in [1.165, 1.54) is 5.56 Å². The summed E-state index contributed by atoms with van der Waals surface area (Å²) >= 11 is 11.8. The number of benzene rings is 2. The predicted molar refractivity (Wildman–Crippen MR) is 98.4 cm³/mol. The molecular weight excluding hydrogens is 353 g/mol. The van der Waals surface area contributed by atoms with Gasteiger partial charge in [0.05, 0.1) is 6.54 Å². The first-order valence-electron chi connectivity index (χ1n) is 7.00. The van der Waals surface area contributed by atoms with Crippen LogP contribution in [0.1, 0.15) is 11.3 Å². The molecule has 1 N–H and O–H groups in total. The molecule has 3 aromatic rings. The molecular formula is C18H16Cl3NO. The maximum Gasteiger partial charge on any atom is 0.134 e. The molecule has 0 aliphatic carbocycles. The molecule has 0 radical (unpaired) electrons. The van der Waals surface area contributed by atoms with Gasteiger partial charge in [-0.3, -0.25) is 0 Å². The third-order valence-corrected chi connectivity index (χ3v) is 3.84. The van der Waals surface area contributed by atoms with Gasteiger partial charge in [0.15, 0.2) is 0 Å². The molecule has 1 aromatic heterocycles. The van der Waals surface area contributed by atoms with E-state index in [2.05, 4.69) is 5.32 Å². The monoisotopic (exact) mass is 367 g/mol. The van der Waals surface area contributed by atoms with E-state index in [0.717, 1.165) is 33.7 Å². The van der Waals surface area contributed by atoms with Crippen LogP contribution in [0.15, 0.2) is 65.1 Å². The van der Waals surface area contributed by atoms with Crippen molar-refractivity contribution < 1.29 is 4.42 Å². The van der Waals surface area contributed by atoms with Crippen molar-refractivity contribution >= 4 is 35.6 Å². The van der Waals surface area contributed by atoms with Crippen LogP contribution in [0.3, 0.4) is 0 Å². The first-order chi connectivity index (χ1) is 10.7. The molecule has 0 spiro atoms. The smallest absolute Gasteiger partial charge is 0.134 e. The van der Waals surface area contributed by atoms with Crippen LogP contribution in [0.25, 0.3) is 11.3 Å². The van der Waals surface area contributed by atoms with Gasteiger partial charge in [0, 0.05) is 22.2 Å². The summed E-state index contributed by atoms with van der Waals surface area (Å²) in [7, 11) is 0. The second kappa shape index (κ2) is 8.42. The Hall–Kier alpha value is -1.45. The lowest BCUT2D eigenvalue weighted by Gasteiger charge is -2.03. The topological polar surface area (TPSA) is 25.2 Å². The van der Waals surface area contributed by atoms with Gasteiger partial charge in [0.25, 0.3) is 0 Å². The molecule has 0 aliphatic heterocycles. The molecule has 0 atom stereocenters. The van der Waals surface area contributed by atoms with E-state index in [-0.39, 0.29) is 12.4 Å². The van der Waals surface area contributed by atoms with Crippen molar-refractivity contribution in [3.05, 3.63) is 82.0 Å². The highest BCUT2D eigenvalue weighted by atomic mass is 35.5. The van der Waals surface area contributed by atoms with Gasteiger partial charge < -0.3 is 9.73 Å². The Morgan fingerprint density at radius 2 is 1.35 bits per heavy atom. The Morgan fingerprint density at radius 1 is 0.739 bits per heavy atom. The number of rotatable bonds is 5. The highest BCUT2D eigenvalue weighted by Gasteiger charge is 2.04. The first-order valence-corrected chi connectivity index (χ1v) is 7.76. The first kappa shape index (κ1) is 17.9. The van der Waals surface area contributed by atoms with Crippen molar-refractivity contribution in [3.8, 4) is 11.3 Å². The van der Waals surface area contributed by atoms with Crippen LogP contribution < -0.4 is 5.32 Å². The van der Waals surface area contributed by atoms with Crippen LogP contribution in [0.4, 0.5) is 0 Å². The molecule has 2 nitrogen and oxygen atoms in total. The van der Waals surface area contributed by atoms with E-state index in [4.69, 9.17) is 27.6 Å². The zero-order valence-electron chi connectivity index (χ0n) is 12.3. The zero-order valence-corrected chi connectivity index (χ0v) is 14.6. The van der Waals surface area contributed by atoms with Crippen molar-refractivity contribution in [2.75, 3.05) is 0 Å². The molecule has 0 bridgehead atoms. The molecule has 23 heavy (non-hydrogen) atoms. The van der Waals surface area contributed by atoms with Crippen LogP contribution in [0.2, 0.25) is 10.0 Å². The van der Waals surface area contributed by atoms with Gasteiger partial charge in [-0.2, -0.15) is 0 Å². The van der Waals surface area contributed by atoms with E-state index in [1.54, 1.807) is 0 Å². The number of hydrogen-bond acceptors (Lipinski definition) is 2. The second-order valence-electron chi connectivity index (χ2n) is 5.00. The molecule has 0 fully saturated rings. The molecule has 1 heterocycles. The molecule has 5 heteroatoms. The predicted octanol–water partition coefficient (Wildman–Crippen LogP) is 5.97. The van der Waals surface area contributed by atoms with E-state index in [9.17, 15) is 0 Å². The molecule has 2 aromatic carbocycles. The summed E-state index contributed by atoms with van der Waals surface area (Å²) in [6.07, 6.45) is 0. The van der Waals surface area contributed by atoms with Gasteiger partial charge in [-0.05, 0) is 54.1 Å². The molecule has 0 aliphatic rings. The average Bonchev–Trinajstić information content (AvgIpc) is 2.99. The number of halogens is 3. The lowest BCUT2D eigenvalue weighted by atomic mass is 10.2. The standard InChI is InChI=1S/C18H15Cl2NO.ClH/c19-15-5-1-13(2-6-15)11-21-12-17-9-10-18(22-17)14-3-7-16(20)8-4-14;/h1-10,21H,11-12H2;1H. The Morgan fingerprint density at radius 3 is 2.00 bits per heavy atom. The summed E-state index contributed by atoms with van der Waals surface area (Å²) in [5.74, 6) is 1.75. The Balaban J connectivity index is 0.00000192. The Bertz CT molecular complexity index is 736. The average molecular weight is 369 g/mol. The zero-order chi connectivity index (χ0) is 15.4. The van der Waals surface area contributed by atoms with Crippen molar-refractivity contribution in [2.24, 2.45) is 0 Å². The Labute approximate surface area is 151 Å².